The van der Waals surface area contributed by atoms with Crippen molar-refractivity contribution < 1.29 is 9.13 Å². The fraction of sp³-hybridized carbons (Fsp3) is 0. The number of ether oxygens (including phenoxy) is 1. The maximum Gasteiger partial charge on any atom is 0.248 e. The molecule has 0 saturated heterocycles. The smallest absolute Gasteiger partial charge is 0.248 e. The second kappa shape index (κ2) is 4.49. The van der Waals surface area contributed by atoms with Gasteiger partial charge in [0.2, 0.25) is 17.4 Å². The van der Waals surface area contributed by atoms with Gasteiger partial charge in [-0.1, -0.05) is 6.07 Å². The van der Waals surface area contributed by atoms with Crippen molar-refractivity contribution in [3.63, 3.8) is 0 Å². The Bertz CT molecular complexity index is 801. The molecule has 0 unspecified atom stereocenters. The van der Waals surface area contributed by atoms with Gasteiger partial charge in [-0.3, -0.25) is 4.79 Å². The minimum Gasteiger partial charge on any atom is -0.438 e. The quantitative estimate of drug-likeness (QED) is 0.715. The first-order valence-electron chi connectivity index (χ1n) is 5.50. The van der Waals surface area contributed by atoms with Crippen LogP contribution in [0.25, 0.3) is 10.9 Å². The predicted molar refractivity (Wildman–Crippen MR) is 66.6 cm³/mol. The molecule has 2 aromatic heterocycles. The summed E-state index contributed by atoms with van der Waals surface area (Å²) >= 11 is 0. The Morgan fingerprint density at radius 2 is 2.05 bits per heavy atom. The number of halogens is 1. The molecule has 0 aliphatic carbocycles. The minimum absolute atomic E-state index is 0.103. The van der Waals surface area contributed by atoms with Crippen molar-refractivity contribution in [2.75, 3.05) is 0 Å². The van der Waals surface area contributed by atoms with Gasteiger partial charge in [-0.25, -0.2) is 9.97 Å². The van der Waals surface area contributed by atoms with Gasteiger partial charge in [0.05, 0.1) is 11.6 Å². The summed E-state index contributed by atoms with van der Waals surface area (Å²) in [6, 6.07) is 9.32. The standard InChI is InChI=1S/C13H8FN3O2/c14-11-6-13(16-7-15-11)19-10-3-1-2-9-8(10)4-5-12(18)17-9/h1-7H,(H,17,18). The molecule has 0 fully saturated rings. The molecule has 0 aliphatic rings. The van der Waals surface area contributed by atoms with Gasteiger partial charge < -0.3 is 9.72 Å². The lowest BCUT2D eigenvalue weighted by Gasteiger charge is -2.07. The third-order valence-corrected chi connectivity index (χ3v) is 2.55. The number of fused-ring (bicyclic) bond motifs is 1. The van der Waals surface area contributed by atoms with E-state index >= 15 is 0 Å². The molecular weight excluding hydrogens is 249 g/mol. The highest BCUT2D eigenvalue weighted by Gasteiger charge is 2.05. The third-order valence-electron chi connectivity index (χ3n) is 2.55. The van der Waals surface area contributed by atoms with E-state index < -0.39 is 5.95 Å². The molecule has 3 rings (SSSR count). The second-order valence-electron chi connectivity index (χ2n) is 3.82. The maximum absolute atomic E-state index is 13.0. The monoisotopic (exact) mass is 257 g/mol. The van der Waals surface area contributed by atoms with Crippen molar-refractivity contribution in [1.29, 1.82) is 0 Å². The number of hydrogen-bond donors (Lipinski definition) is 1. The van der Waals surface area contributed by atoms with Crippen molar-refractivity contribution in [2.45, 2.75) is 0 Å². The Hall–Kier alpha value is -2.76. The first-order valence-corrected chi connectivity index (χ1v) is 5.50. The molecule has 94 valence electrons. The molecule has 19 heavy (non-hydrogen) atoms. The Morgan fingerprint density at radius 1 is 1.16 bits per heavy atom. The molecule has 5 nitrogen and oxygen atoms in total. The molecular formula is C13H8FN3O2. The van der Waals surface area contributed by atoms with Gasteiger partial charge in [0.1, 0.15) is 12.1 Å². The maximum atomic E-state index is 13.0. The van der Waals surface area contributed by atoms with Crippen LogP contribution in [0.1, 0.15) is 0 Å². The van der Waals surface area contributed by atoms with Crippen molar-refractivity contribution >= 4 is 10.9 Å². The lowest BCUT2D eigenvalue weighted by Crippen LogP contribution is -2.02. The van der Waals surface area contributed by atoms with Crippen molar-refractivity contribution in [1.82, 2.24) is 15.0 Å². The molecule has 1 N–H and O–H groups in total. The second-order valence-corrected chi connectivity index (χ2v) is 3.82. The molecule has 0 atom stereocenters. The van der Waals surface area contributed by atoms with Crippen LogP contribution >= 0.6 is 0 Å². The summed E-state index contributed by atoms with van der Waals surface area (Å²) < 4.78 is 18.5. The average molecular weight is 257 g/mol. The van der Waals surface area contributed by atoms with E-state index in [1.54, 1.807) is 24.3 Å². The molecule has 2 heterocycles. The number of aromatic nitrogens is 3. The number of benzene rings is 1. The summed E-state index contributed by atoms with van der Waals surface area (Å²) in [5, 5.41) is 0.709. The zero-order valence-corrected chi connectivity index (χ0v) is 9.63. The summed E-state index contributed by atoms with van der Waals surface area (Å²) in [6.07, 6.45) is 1.08. The number of nitrogens with zero attached hydrogens (tertiary/aromatic N) is 2. The first-order chi connectivity index (χ1) is 9.22. The lowest BCUT2D eigenvalue weighted by atomic mass is 10.2. The van der Waals surface area contributed by atoms with Gasteiger partial charge in [-0.2, -0.15) is 4.39 Å². The van der Waals surface area contributed by atoms with Gasteiger partial charge in [-0.15, -0.1) is 0 Å². The average Bonchev–Trinajstić information content (AvgIpc) is 2.38. The summed E-state index contributed by atoms with van der Waals surface area (Å²) in [4.78, 5) is 21.1. The van der Waals surface area contributed by atoms with Crippen LogP contribution in [0.4, 0.5) is 4.39 Å². The van der Waals surface area contributed by atoms with E-state index in [1.165, 1.54) is 6.07 Å². The van der Waals surface area contributed by atoms with Crippen LogP contribution in [-0.4, -0.2) is 15.0 Å². The van der Waals surface area contributed by atoms with Gasteiger partial charge in [-0.05, 0) is 18.2 Å². The van der Waals surface area contributed by atoms with E-state index in [1.807, 2.05) is 0 Å². The highest BCUT2D eigenvalue weighted by atomic mass is 19.1. The fourth-order valence-corrected chi connectivity index (χ4v) is 1.73. The van der Waals surface area contributed by atoms with E-state index in [-0.39, 0.29) is 11.4 Å². The number of rotatable bonds is 2. The number of hydrogen-bond acceptors (Lipinski definition) is 4. The largest absolute Gasteiger partial charge is 0.438 e. The van der Waals surface area contributed by atoms with E-state index in [0.29, 0.717) is 16.7 Å². The topological polar surface area (TPSA) is 67.9 Å². The van der Waals surface area contributed by atoms with E-state index in [0.717, 1.165) is 12.4 Å². The number of nitrogens with one attached hydrogen (secondary N) is 1. The zero-order chi connectivity index (χ0) is 13.2. The molecule has 0 aliphatic heterocycles. The molecule has 0 saturated carbocycles. The number of aromatic amines is 1. The Labute approximate surface area is 106 Å². The SMILES string of the molecule is O=c1ccc2c(Oc3cc(F)ncn3)cccc2[nH]1. The molecule has 0 bridgehead atoms. The Kier molecular flexibility index (Phi) is 2.68. The Balaban J connectivity index is 2.08. The van der Waals surface area contributed by atoms with Gasteiger partial charge in [0.25, 0.3) is 0 Å². The minimum atomic E-state index is -0.668. The van der Waals surface area contributed by atoms with E-state index in [9.17, 15) is 9.18 Å². The normalized spacial score (nSPS) is 10.6. The van der Waals surface area contributed by atoms with Gasteiger partial charge >= 0.3 is 0 Å². The van der Waals surface area contributed by atoms with Crippen LogP contribution in [0.3, 0.4) is 0 Å². The third kappa shape index (κ3) is 2.28. The van der Waals surface area contributed by atoms with Gasteiger partial charge in [0.15, 0.2) is 0 Å². The van der Waals surface area contributed by atoms with Crippen LogP contribution in [0.15, 0.2) is 47.5 Å². The molecule has 0 spiro atoms. The van der Waals surface area contributed by atoms with Crippen molar-refractivity contribution in [2.24, 2.45) is 0 Å². The molecule has 3 aromatic rings. The van der Waals surface area contributed by atoms with Crippen LogP contribution < -0.4 is 10.3 Å². The van der Waals surface area contributed by atoms with Crippen LogP contribution in [0, 0.1) is 5.95 Å². The van der Waals surface area contributed by atoms with Crippen molar-refractivity contribution in [3.05, 3.63) is 59.0 Å². The molecule has 6 heteroatoms. The Morgan fingerprint density at radius 3 is 2.89 bits per heavy atom. The lowest BCUT2D eigenvalue weighted by molar-refractivity contribution is 0.455. The van der Waals surface area contributed by atoms with Crippen LogP contribution in [0.5, 0.6) is 11.6 Å². The predicted octanol–water partition coefficient (Wildman–Crippen LogP) is 2.25. The van der Waals surface area contributed by atoms with Crippen LogP contribution in [0.2, 0.25) is 0 Å². The summed E-state index contributed by atoms with van der Waals surface area (Å²) in [6.45, 7) is 0. The summed E-state index contributed by atoms with van der Waals surface area (Å²) in [7, 11) is 0. The zero-order valence-electron chi connectivity index (χ0n) is 9.63. The summed E-state index contributed by atoms with van der Waals surface area (Å²) in [5.41, 5.74) is 0.442. The van der Waals surface area contributed by atoms with E-state index in [2.05, 4.69) is 15.0 Å². The first kappa shape index (κ1) is 11.3. The highest BCUT2D eigenvalue weighted by molar-refractivity contribution is 5.85. The highest BCUT2D eigenvalue weighted by Crippen LogP contribution is 2.27. The van der Waals surface area contributed by atoms with Gasteiger partial charge in [0, 0.05) is 11.5 Å². The fourth-order valence-electron chi connectivity index (χ4n) is 1.73. The number of pyridine rings is 1. The molecule has 1 aromatic carbocycles. The van der Waals surface area contributed by atoms with Crippen molar-refractivity contribution in [3.8, 4) is 11.6 Å². The number of H-pyrrole nitrogens is 1. The van der Waals surface area contributed by atoms with Crippen LogP contribution in [-0.2, 0) is 0 Å². The molecule has 0 radical (unpaired) electrons. The molecule has 0 amide bonds. The van der Waals surface area contributed by atoms with E-state index in [4.69, 9.17) is 4.74 Å². The summed E-state index contributed by atoms with van der Waals surface area (Å²) in [5.74, 6) is -0.0864.